The van der Waals surface area contributed by atoms with Gasteiger partial charge in [0, 0.05) is 13.7 Å². The topological polar surface area (TPSA) is 66.0 Å². The van der Waals surface area contributed by atoms with Crippen molar-refractivity contribution in [3.8, 4) is 0 Å². The summed E-state index contributed by atoms with van der Waals surface area (Å²) in [6.07, 6.45) is 7.43. The smallest absolute Gasteiger partial charge is 0.153 e. The van der Waals surface area contributed by atoms with E-state index in [4.69, 9.17) is 10.5 Å². The Labute approximate surface area is 109 Å². The molecule has 1 saturated carbocycles. The first-order valence-electron chi connectivity index (χ1n) is 6.85. The lowest BCUT2D eigenvalue weighted by Gasteiger charge is -2.36. The van der Waals surface area contributed by atoms with Gasteiger partial charge < -0.3 is 15.0 Å². The second kappa shape index (κ2) is 5.80. The molecule has 0 atom stereocenters. The Hall–Kier alpha value is -0.940. The fraction of sp³-hybridized carbons (Fsp3) is 0.846. The van der Waals surface area contributed by atoms with E-state index in [9.17, 15) is 0 Å². The van der Waals surface area contributed by atoms with Crippen LogP contribution in [0.15, 0.2) is 6.33 Å². The molecule has 2 rings (SSSR count). The Bertz CT molecular complexity index is 369. The van der Waals surface area contributed by atoms with Crippen molar-refractivity contribution in [2.75, 3.05) is 13.7 Å². The molecule has 2 N–H and O–H groups in total. The van der Waals surface area contributed by atoms with E-state index in [1.54, 1.807) is 13.4 Å². The third kappa shape index (κ3) is 2.72. The normalized spacial score (nSPS) is 28.5. The Morgan fingerprint density at radius 3 is 2.83 bits per heavy atom. The third-order valence-corrected chi connectivity index (χ3v) is 4.17. The van der Waals surface area contributed by atoms with Crippen molar-refractivity contribution in [2.24, 2.45) is 11.7 Å². The highest BCUT2D eigenvalue weighted by Crippen LogP contribution is 2.37. The molecule has 0 bridgehead atoms. The number of nitrogens with two attached hydrogens (primary N) is 1. The number of methoxy groups -OCH3 is 1. The van der Waals surface area contributed by atoms with E-state index in [1.807, 2.05) is 4.57 Å². The molecule has 1 heterocycles. The Kier molecular flexibility index (Phi) is 4.35. The molecule has 1 aliphatic rings. The molecular formula is C13H24N4O. The molecule has 0 saturated heterocycles. The number of ether oxygens (including phenoxy) is 1. The van der Waals surface area contributed by atoms with Crippen molar-refractivity contribution >= 4 is 0 Å². The van der Waals surface area contributed by atoms with E-state index in [-0.39, 0.29) is 5.54 Å². The average molecular weight is 252 g/mol. The van der Waals surface area contributed by atoms with Crippen LogP contribution in [-0.2, 0) is 16.8 Å². The first-order valence-corrected chi connectivity index (χ1v) is 6.85. The van der Waals surface area contributed by atoms with Gasteiger partial charge in [0.15, 0.2) is 5.82 Å². The summed E-state index contributed by atoms with van der Waals surface area (Å²) in [4.78, 5) is 0. The summed E-state index contributed by atoms with van der Waals surface area (Å²) in [5.74, 6) is 1.76. The summed E-state index contributed by atoms with van der Waals surface area (Å²) in [6.45, 7) is 3.70. The fourth-order valence-corrected chi connectivity index (χ4v) is 2.82. The highest BCUT2D eigenvalue weighted by molar-refractivity contribution is 5.07. The van der Waals surface area contributed by atoms with E-state index < -0.39 is 0 Å². The van der Waals surface area contributed by atoms with Gasteiger partial charge in [-0.25, -0.2) is 0 Å². The third-order valence-electron chi connectivity index (χ3n) is 4.17. The van der Waals surface area contributed by atoms with Gasteiger partial charge in [0.2, 0.25) is 0 Å². The predicted octanol–water partition coefficient (Wildman–Crippen LogP) is 1.68. The lowest BCUT2D eigenvalue weighted by Crippen LogP contribution is -2.43. The van der Waals surface area contributed by atoms with Crippen LogP contribution in [0.4, 0.5) is 0 Å². The van der Waals surface area contributed by atoms with Gasteiger partial charge in [-0.2, -0.15) is 0 Å². The van der Waals surface area contributed by atoms with Gasteiger partial charge in [-0.15, -0.1) is 10.2 Å². The van der Waals surface area contributed by atoms with Gasteiger partial charge >= 0.3 is 0 Å². The summed E-state index contributed by atoms with van der Waals surface area (Å²) in [7, 11) is 1.70. The Morgan fingerprint density at radius 2 is 2.22 bits per heavy atom. The molecule has 5 nitrogen and oxygen atoms in total. The van der Waals surface area contributed by atoms with Crippen LogP contribution in [0.2, 0.25) is 0 Å². The van der Waals surface area contributed by atoms with Crippen molar-refractivity contribution in [2.45, 2.75) is 51.1 Å². The zero-order chi connectivity index (χ0) is 13.0. The largest absolute Gasteiger partial charge is 0.383 e. The van der Waals surface area contributed by atoms with Gasteiger partial charge in [-0.3, -0.25) is 0 Å². The van der Waals surface area contributed by atoms with Crippen molar-refractivity contribution in [1.82, 2.24) is 14.8 Å². The number of hydrogen-bond acceptors (Lipinski definition) is 4. The zero-order valence-corrected chi connectivity index (χ0v) is 11.4. The minimum absolute atomic E-state index is 0.296. The Balaban J connectivity index is 2.08. The summed E-state index contributed by atoms with van der Waals surface area (Å²) < 4.78 is 7.15. The van der Waals surface area contributed by atoms with Gasteiger partial charge in [0.25, 0.3) is 0 Å². The van der Waals surface area contributed by atoms with Gasteiger partial charge in [0.05, 0.1) is 12.1 Å². The van der Waals surface area contributed by atoms with Crippen molar-refractivity contribution in [3.63, 3.8) is 0 Å². The number of aromatic nitrogens is 3. The number of nitrogens with zero attached hydrogens (tertiary/aromatic N) is 3. The van der Waals surface area contributed by atoms with Crippen molar-refractivity contribution < 1.29 is 4.74 Å². The van der Waals surface area contributed by atoms with E-state index >= 15 is 0 Å². The zero-order valence-electron chi connectivity index (χ0n) is 11.4. The minimum Gasteiger partial charge on any atom is -0.383 e. The van der Waals surface area contributed by atoms with Crippen LogP contribution in [0, 0.1) is 5.92 Å². The number of rotatable bonds is 5. The summed E-state index contributed by atoms with van der Waals surface area (Å²) in [6, 6.07) is 0. The van der Waals surface area contributed by atoms with Crippen LogP contribution in [0.5, 0.6) is 0 Å². The predicted molar refractivity (Wildman–Crippen MR) is 70.0 cm³/mol. The molecule has 0 aromatic carbocycles. The van der Waals surface area contributed by atoms with Gasteiger partial charge in [-0.05, 0) is 31.6 Å². The van der Waals surface area contributed by atoms with Crippen LogP contribution >= 0.6 is 0 Å². The SMILES string of the molecule is CCC1CCC(N)(c2nncn2CCOC)CC1. The second-order valence-corrected chi connectivity index (χ2v) is 5.35. The lowest BCUT2D eigenvalue weighted by molar-refractivity contribution is 0.177. The first-order chi connectivity index (χ1) is 8.69. The molecule has 0 spiro atoms. The van der Waals surface area contributed by atoms with Gasteiger partial charge in [0.1, 0.15) is 6.33 Å². The molecule has 0 radical (unpaired) electrons. The monoisotopic (exact) mass is 252 g/mol. The number of hydrogen-bond donors (Lipinski definition) is 1. The molecule has 1 aromatic heterocycles. The van der Waals surface area contributed by atoms with E-state index in [2.05, 4.69) is 17.1 Å². The van der Waals surface area contributed by atoms with Crippen LogP contribution in [0.1, 0.15) is 44.9 Å². The van der Waals surface area contributed by atoms with Crippen LogP contribution in [0.25, 0.3) is 0 Å². The quantitative estimate of drug-likeness (QED) is 0.866. The molecule has 1 aromatic rings. The molecule has 0 unspecified atom stereocenters. The molecule has 0 amide bonds. The molecular weight excluding hydrogens is 228 g/mol. The first kappa shape index (κ1) is 13.5. The van der Waals surface area contributed by atoms with E-state index in [0.717, 1.165) is 31.1 Å². The standard InChI is InChI=1S/C13H24N4O/c1-3-11-4-6-13(14,7-5-11)12-16-15-10-17(12)8-9-18-2/h10-11H,3-9,14H2,1-2H3. The maximum absolute atomic E-state index is 6.55. The maximum Gasteiger partial charge on any atom is 0.153 e. The van der Waals surface area contributed by atoms with Crippen molar-refractivity contribution in [1.29, 1.82) is 0 Å². The van der Waals surface area contributed by atoms with Gasteiger partial charge in [-0.1, -0.05) is 13.3 Å². The fourth-order valence-electron chi connectivity index (χ4n) is 2.82. The molecule has 1 aliphatic carbocycles. The van der Waals surface area contributed by atoms with E-state index in [0.29, 0.717) is 6.61 Å². The summed E-state index contributed by atoms with van der Waals surface area (Å²) in [5, 5.41) is 8.26. The molecule has 18 heavy (non-hydrogen) atoms. The minimum atomic E-state index is -0.296. The van der Waals surface area contributed by atoms with Crippen LogP contribution in [-0.4, -0.2) is 28.5 Å². The molecule has 102 valence electrons. The summed E-state index contributed by atoms with van der Waals surface area (Å²) >= 11 is 0. The van der Waals surface area contributed by atoms with Crippen LogP contribution in [0.3, 0.4) is 0 Å². The highest BCUT2D eigenvalue weighted by Gasteiger charge is 2.36. The average Bonchev–Trinajstić information content (AvgIpc) is 2.86. The second-order valence-electron chi connectivity index (χ2n) is 5.35. The molecule has 1 fully saturated rings. The molecule has 5 heteroatoms. The van der Waals surface area contributed by atoms with E-state index in [1.165, 1.54) is 19.3 Å². The van der Waals surface area contributed by atoms with Crippen molar-refractivity contribution in [3.05, 3.63) is 12.2 Å². The Morgan fingerprint density at radius 1 is 1.50 bits per heavy atom. The summed E-state index contributed by atoms with van der Waals surface area (Å²) in [5.41, 5.74) is 6.25. The maximum atomic E-state index is 6.55. The lowest BCUT2D eigenvalue weighted by atomic mass is 9.75. The van der Waals surface area contributed by atoms with Crippen LogP contribution < -0.4 is 5.73 Å². The highest BCUT2D eigenvalue weighted by atomic mass is 16.5. The molecule has 0 aliphatic heterocycles.